The molecular formula is C6H16BNO2. The van der Waals surface area contributed by atoms with Gasteiger partial charge in [0.05, 0.1) is 0 Å². The molecule has 0 bridgehead atoms. The van der Waals surface area contributed by atoms with Crippen molar-refractivity contribution in [2.75, 3.05) is 13.7 Å². The molecule has 0 aromatic rings. The fourth-order valence-corrected chi connectivity index (χ4v) is 0.873. The van der Waals surface area contributed by atoms with E-state index in [9.17, 15) is 0 Å². The Morgan fingerprint density at radius 1 is 1.60 bits per heavy atom. The van der Waals surface area contributed by atoms with E-state index in [1.807, 2.05) is 13.8 Å². The first-order valence-corrected chi connectivity index (χ1v) is 3.70. The van der Waals surface area contributed by atoms with Gasteiger partial charge in [0.15, 0.2) is 0 Å². The standard InChI is InChI=1S/C6H16BNO2/c1-4-6(8-5-2)7(9)10-3/h6,8-9H,4-5H2,1-3H3. The van der Waals surface area contributed by atoms with E-state index in [-0.39, 0.29) is 5.94 Å². The van der Waals surface area contributed by atoms with Crippen LogP contribution >= 0.6 is 0 Å². The third kappa shape index (κ3) is 3.20. The maximum atomic E-state index is 9.16. The van der Waals surface area contributed by atoms with Gasteiger partial charge in [-0.05, 0) is 13.0 Å². The van der Waals surface area contributed by atoms with E-state index in [0.717, 1.165) is 13.0 Å². The lowest BCUT2D eigenvalue weighted by atomic mass is 9.77. The summed E-state index contributed by atoms with van der Waals surface area (Å²) in [5.74, 6) is 0.0648. The smallest absolute Gasteiger partial charge is 0.426 e. The second-order valence-corrected chi connectivity index (χ2v) is 2.20. The topological polar surface area (TPSA) is 41.5 Å². The largest absolute Gasteiger partial charge is 0.472 e. The Bertz CT molecular complexity index is 82.1. The maximum Gasteiger partial charge on any atom is 0.472 e. The number of hydrogen-bond acceptors (Lipinski definition) is 3. The van der Waals surface area contributed by atoms with Crippen molar-refractivity contribution in [1.82, 2.24) is 5.32 Å². The van der Waals surface area contributed by atoms with Crippen LogP contribution in [0.1, 0.15) is 20.3 Å². The normalized spacial score (nSPS) is 13.2. The zero-order valence-electron chi connectivity index (χ0n) is 6.92. The Balaban J connectivity index is 3.56. The van der Waals surface area contributed by atoms with Crippen molar-refractivity contribution < 1.29 is 9.68 Å². The Labute approximate surface area is 62.9 Å². The van der Waals surface area contributed by atoms with Gasteiger partial charge in [-0.15, -0.1) is 0 Å². The van der Waals surface area contributed by atoms with Crippen LogP contribution in [0.2, 0.25) is 0 Å². The predicted octanol–water partition coefficient (Wildman–Crippen LogP) is 0.0406. The number of rotatable bonds is 5. The molecule has 0 heterocycles. The van der Waals surface area contributed by atoms with Crippen molar-refractivity contribution in [2.24, 2.45) is 0 Å². The van der Waals surface area contributed by atoms with Crippen LogP contribution in [-0.2, 0) is 4.65 Å². The summed E-state index contributed by atoms with van der Waals surface area (Å²) in [5, 5.41) is 12.3. The summed E-state index contributed by atoms with van der Waals surface area (Å²) in [6.07, 6.45) is 0.878. The fraction of sp³-hybridized carbons (Fsp3) is 1.00. The number of nitrogens with one attached hydrogen (secondary N) is 1. The van der Waals surface area contributed by atoms with Crippen LogP contribution < -0.4 is 5.32 Å². The van der Waals surface area contributed by atoms with Gasteiger partial charge >= 0.3 is 7.12 Å². The summed E-state index contributed by atoms with van der Waals surface area (Å²) in [5.41, 5.74) is 0. The first-order chi connectivity index (χ1) is 4.76. The molecule has 0 aromatic carbocycles. The molecule has 0 aromatic heterocycles. The SMILES string of the molecule is CCNC(CC)B(O)OC. The van der Waals surface area contributed by atoms with Crippen molar-refractivity contribution in [1.29, 1.82) is 0 Å². The van der Waals surface area contributed by atoms with Gasteiger partial charge in [-0.25, -0.2) is 0 Å². The molecule has 0 rings (SSSR count). The molecule has 1 atom stereocenters. The molecule has 10 heavy (non-hydrogen) atoms. The lowest BCUT2D eigenvalue weighted by Crippen LogP contribution is -2.44. The predicted molar refractivity (Wildman–Crippen MR) is 42.7 cm³/mol. The van der Waals surface area contributed by atoms with Crippen LogP contribution in [0.4, 0.5) is 0 Å². The quantitative estimate of drug-likeness (QED) is 0.536. The van der Waals surface area contributed by atoms with Crippen LogP contribution in [0.25, 0.3) is 0 Å². The van der Waals surface area contributed by atoms with E-state index in [1.54, 1.807) is 0 Å². The third-order valence-electron chi connectivity index (χ3n) is 1.49. The molecule has 0 spiro atoms. The van der Waals surface area contributed by atoms with E-state index in [2.05, 4.69) is 5.32 Å². The molecule has 3 nitrogen and oxygen atoms in total. The van der Waals surface area contributed by atoms with Crippen LogP contribution in [0.3, 0.4) is 0 Å². The summed E-state index contributed by atoms with van der Waals surface area (Å²) in [7, 11) is 0.829. The summed E-state index contributed by atoms with van der Waals surface area (Å²) in [6.45, 7) is 4.87. The van der Waals surface area contributed by atoms with Gasteiger partial charge in [-0.3, -0.25) is 0 Å². The van der Waals surface area contributed by atoms with Crippen molar-refractivity contribution in [3.05, 3.63) is 0 Å². The molecule has 0 radical (unpaired) electrons. The zero-order chi connectivity index (χ0) is 7.98. The van der Waals surface area contributed by atoms with Crippen LogP contribution in [0, 0.1) is 0 Å². The molecule has 0 amide bonds. The first-order valence-electron chi connectivity index (χ1n) is 3.70. The molecule has 4 heteroatoms. The molecule has 1 unspecified atom stereocenters. The zero-order valence-corrected chi connectivity index (χ0v) is 6.92. The van der Waals surface area contributed by atoms with Crippen LogP contribution in [0.5, 0.6) is 0 Å². The fourth-order valence-electron chi connectivity index (χ4n) is 0.873. The first kappa shape index (κ1) is 9.94. The Kier molecular flexibility index (Phi) is 5.68. The summed E-state index contributed by atoms with van der Waals surface area (Å²) < 4.78 is 4.75. The second kappa shape index (κ2) is 5.71. The highest BCUT2D eigenvalue weighted by Gasteiger charge is 2.22. The van der Waals surface area contributed by atoms with Crippen LogP contribution in [0.15, 0.2) is 0 Å². The highest BCUT2D eigenvalue weighted by atomic mass is 16.5. The molecule has 60 valence electrons. The van der Waals surface area contributed by atoms with Gasteiger partial charge in [-0.2, -0.15) is 0 Å². The van der Waals surface area contributed by atoms with Crippen molar-refractivity contribution >= 4 is 7.12 Å². The van der Waals surface area contributed by atoms with Crippen molar-refractivity contribution in [3.8, 4) is 0 Å². The Hall–Kier alpha value is -0.0551. The average Bonchev–Trinajstić information content (AvgIpc) is 1.99. The van der Waals surface area contributed by atoms with Gasteiger partial charge in [0, 0.05) is 13.1 Å². The van der Waals surface area contributed by atoms with Gasteiger partial charge in [-0.1, -0.05) is 13.8 Å². The molecule has 0 saturated carbocycles. The monoisotopic (exact) mass is 145 g/mol. The third-order valence-corrected chi connectivity index (χ3v) is 1.49. The Morgan fingerprint density at radius 2 is 2.20 bits per heavy atom. The highest BCUT2D eigenvalue weighted by molar-refractivity contribution is 6.44. The highest BCUT2D eigenvalue weighted by Crippen LogP contribution is 1.94. The van der Waals surface area contributed by atoms with Gasteiger partial charge in [0.1, 0.15) is 0 Å². The van der Waals surface area contributed by atoms with E-state index in [4.69, 9.17) is 9.68 Å². The summed E-state index contributed by atoms with van der Waals surface area (Å²) >= 11 is 0. The molecule has 2 N–H and O–H groups in total. The van der Waals surface area contributed by atoms with Gasteiger partial charge in [0.2, 0.25) is 0 Å². The average molecular weight is 145 g/mol. The molecule has 0 aliphatic rings. The summed E-state index contributed by atoms with van der Waals surface area (Å²) in [4.78, 5) is 0. The number of hydrogen-bond donors (Lipinski definition) is 2. The van der Waals surface area contributed by atoms with Gasteiger partial charge in [0.25, 0.3) is 0 Å². The second-order valence-electron chi connectivity index (χ2n) is 2.20. The molecule has 0 fully saturated rings. The van der Waals surface area contributed by atoms with E-state index in [1.165, 1.54) is 7.11 Å². The van der Waals surface area contributed by atoms with E-state index in [0.29, 0.717) is 0 Å². The van der Waals surface area contributed by atoms with E-state index >= 15 is 0 Å². The van der Waals surface area contributed by atoms with Gasteiger partial charge < -0.3 is 15.0 Å². The lowest BCUT2D eigenvalue weighted by Gasteiger charge is -2.16. The van der Waals surface area contributed by atoms with Crippen LogP contribution in [-0.4, -0.2) is 31.7 Å². The van der Waals surface area contributed by atoms with E-state index < -0.39 is 7.12 Å². The molecular weight excluding hydrogens is 129 g/mol. The van der Waals surface area contributed by atoms with Crippen molar-refractivity contribution in [2.45, 2.75) is 26.2 Å². The summed E-state index contributed by atoms with van der Waals surface area (Å²) in [6, 6.07) is 0. The maximum absolute atomic E-state index is 9.16. The minimum absolute atomic E-state index is 0.0648. The lowest BCUT2D eigenvalue weighted by molar-refractivity contribution is 0.302. The molecule has 0 saturated heterocycles. The molecule has 0 aliphatic heterocycles. The minimum atomic E-state index is -0.676. The Morgan fingerprint density at radius 3 is 2.50 bits per heavy atom. The molecule has 0 aliphatic carbocycles. The van der Waals surface area contributed by atoms with Crippen molar-refractivity contribution in [3.63, 3.8) is 0 Å². The minimum Gasteiger partial charge on any atom is -0.426 e.